The fourth-order valence-corrected chi connectivity index (χ4v) is 1.80. The van der Waals surface area contributed by atoms with E-state index < -0.39 is 0 Å². The number of carbonyl (C=O) groups excluding carboxylic acids is 2. The van der Waals surface area contributed by atoms with Crippen LogP contribution < -0.4 is 4.90 Å². The zero-order valence-corrected chi connectivity index (χ0v) is 12.5. The standard InChI is InChI=1S/C11H13NO.C5H10O2/c13-11-6-8-12(9-7-11)10-4-2-1-3-5-10;1-5(2,3)7-4-6/h1-5H,6-9H2;4H,1-3H3. The van der Waals surface area contributed by atoms with Gasteiger partial charge < -0.3 is 9.64 Å². The number of anilines is 1. The zero-order chi connectivity index (χ0) is 15.0. The Morgan fingerprint density at radius 2 is 1.65 bits per heavy atom. The first-order valence-electron chi connectivity index (χ1n) is 6.85. The molecule has 0 amide bonds. The van der Waals surface area contributed by atoms with E-state index in [-0.39, 0.29) is 5.60 Å². The van der Waals surface area contributed by atoms with E-state index in [9.17, 15) is 9.59 Å². The third kappa shape index (κ3) is 6.36. The zero-order valence-electron chi connectivity index (χ0n) is 12.5. The van der Waals surface area contributed by atoms with Crippen molar-refractivity contribution in [3.8, 4) is 0 Å². The van der Waals surface area contributed by atoms with Crippen LogP contribution >= 0.6 is 0 Å². The van der Waals surface area contributed by atoms with E-state index in [1.807, 2.05) is 39.0 Å². The molecule has 110 valence electrons. The van der Waals surface area contributed by atoms with Crippen LogP contribution in [0.5, 0.6) is 0 Å². The summed E-state index contributed by atoms with van der Waals surface area (Å²) in [4.78, 5) is 22.9. The molecule has 1 aliphatic rings. The Balaban J connectivity index is 0.000000246. The number of benzene rings is 1. The number of piperidine rings is 1. The molecule has 1 aromatic rings. The van der Waals surface area contributed by atoms with Gasteiger partial charge in [0.05, 0.1) is 0 Å². The predicted octanol–water partition coefficient (Wildman–Crippen LogP) is 2.81. The number of nitrogens with zero attached hydrogens (tertiary/aromatic N) is 1. The lowest BCUT2D eigenvalue weighted by Crippen LogP contribution is -2.33. The Bertz CT molecular complexity index is 413. The Morgan fingerprint density at radius 1 is 1.10 bits per heavy atom. The molecule has 1 fully saturated rings. The van der Waals surface area contributed by atoms with Crippen molar-refractivity contribution in [2.24, 2.45) is 0 Å². The fraction of sp³-hybridized carbons (Fsp3) is 0.500. The van der Waals surface area contributed by atoms with Gasteiger partial charge in [-0.25, -0.2) is 0 Å². The number of hydrogen-bond acceptors (Lipinski definition) is 4. The molecule has 1 aliphatic heterocycles. The lowest BCUT2D eigenvalue weighted by atomic mass is 10.1. The molecule has 0 atom stereocenters. The minimum absolute atomic E-state index is 0.318. The van der Waals surface area contributed by atoms with Crippen LogP contribution in [-0.2, 0) is 14.3 Å². The number of para-hydroxylation sites is 1. The van der Waals surface area contributed by atoms with E-state index in [2.05, 4.69) is 21.8 Å². The van der Waals surface area contributed by atoms with Gasteiger partial charge in [-0.2, -0.15) is 0 Å². The maximum Gasteiger partial charge on any atom is 0.293 e. The van der Waals surface area contributed by atoms with Gasteiger partial charge in [0.1, 0.15) is 11.4 Å². The van der Waals surface area contributed by atoms with Gasteiger partial charge in [-0.3, -0.25) is 9.59 Å². The maximum absolute atomic E-state index is 11.0. The molecule has 1 aromatic carbocycles. The van der Waals surface area contributed by atoms with E-state index in [4.69, 9.17) is 0 Å². The lowest BCUT2D eigenvalue weighted by Gasteiger charge is -2.27. The summed E-state index contributed by atoms with van der Waals surface area (Å²) < 4.78 is 4.55. The molecule has 0 bridgehead atoms. The van der Waals surface area contributed by atoms with Crippen LogP contribution in [0, 0.1) is 0 Å². The van der Waals surface area contributed by atoms with E-state index in [1.165, 1.54) is 5.69 Å². The summed E-state index contributed by atoms with van der Waals surface area (Å²) in [5.41, 5.74) is 0.914. The van der Waals surface area contributed by atoms with E-state index >= 15 is 0 Å². The Labute approximate surface area is 120 Å². The Hall–Kier alpha value is -1.84. The number of ether oxygens (including phenoxy) is 1. The van der Waals surface area contributed by atoms with Gasteiger partial charge in [-0.15, -0.1) is 0 Å². The predicted molar refractivity (Wildman–Crippen MR) is 79.8 cm³/mol. The molecular weight excluding hydrogens is 254 g/mol. The summed E-state index contributed by atoms with van der Waals surface area (Å²) in [7, 11) is 0. The molecule has 0 spiro atoms. The minimum Gasteiger partial charge on any atom is -0.462 e. The molecule has 0 saturated carbocycles. The topological polar surface area (TPSA) is 46.6 Å². The molecule has 0 aliphatic carbocycles. The number of carbonyl (C=O) groups is 2. The number of Topliss-reactive ketones (excluding diaryl/α,β-unsaturated/α-hetero) is 1. The van der Waals surface area contributed by atoms with Crippen molar-refractivity contribution >= 4 is 17.9 Å². The van der Waals surface area contributed by atoms with Gasteiger partial charge in [-0.1, -0.05) is 18.2 Å². The third-order valence-electron chi connectivity index (χ3n) is 2.84. The van der Waals surface area contributed by atoms with Crippen molar-refractivity contribution in [2.45, 2.75) is 39.2 Å². The van der Waals surface area contributed by atoms with Gasteiger partial charge >= 0.3 is 0 Å². The molecule has 1 saturated heterocycles. The quantitative estimate of drug-likeness (QED) is 0.780. The second-order valence-electron chi connectivity index (χ2n) is 5.69. The van der Waals surface area contributed by atoms with Crippen LogP contribution in [0.15, 0.2) is 30.3 Å². The summed E-state index contributed by atoms with van der Waals surface area (Å²) in [6.07, 6.45) is 1.41. The average molecular weight is 277 g/mol. The molecule has 20 heavy (non-hydrogen) atoms. The summed E-state index contributed by atoms with van der Waals surface area (Å²) in [5.74, 6) is 0.396. The SMILES string of the molecule is CC(C)(C)OC=O.O=C1CCN(c2ccccc2)CC1. The van der Waals surface area contributed by atoms with E-state index in [1.54, 1.807) is 0 Å². The van der Waals surface area contributed by atoms with E-state index in [0.29, 0.717) is 25.1 Å². The van der Waals surface area contributed by atoms with Crippen LogP contribution in [0.3, 0.4) is 0 Å². The van der Waals surface area contributed by atoms with Gasteiger partial charge in [0.2, 0.25) is 0 Å². The smallest absolute Gasteiger partial charge is 0.293 e. The molecule has 2 rings (SSSR count). The Kier molecular flexibility index (Phi) is 6.22. The third-order valence-corrected chi connectivity index (χ3v) is 2.84. The lowest BCUT2D eigenvalue weighted by molar-refractivity contribution is -0.138. The van der Waals surface area contributed by atoms with Crippen molar-refractivity contribution in [2.75, 3.05) is 18.0 Å². The highest BCUT2D eigenvalue weighted by Gasteiger charge is 2.15. The summed E-state index contributed by atoms with van der Waals surface area (Å²) in [6, 6.07) is 10.3. The second-order valence-corrected chi connectivity index (χ2v) is 5.69. The summed E-state index contributed by atoms with van der Waals surface area (Å²) in [6.45, 7) is 7.68. The van der Waals surface area contributed by atoms with Crippen molar-refractivity contribution in [1.29, 1.82) is 0 Å². The van der Waals surface area contributed by atoms with Gasteiger partial charge in [-0.05, 0) is 32.9 Å². The average Bonchev–Trinajstić information content (AvgIpc) is 2.40. The van der Waals surface area contributed by atoms with Crippen LogP contribution in [-0.4, -0.2) is 30.9 Å². The van der Waals surface area contributed by atoms with Crippen molar-refractivity contribution in [3.63, 3.8) is 0 Å². The molecule has 4 heteroatoms. The highest BCUT2D eigenvalue weighted by Crippen LogP contribution is 2.17. The molecule has 0 radical (unpaired) electrons. The normalized spacial score (nSPS) is 15.2. The Morgan fingerprint density at radius 3 is 2.05 bits per heavy atom. The number of hydrogen-bond donors (Lipinski definition) is 0. The van der Waals surface area contributed by atoms with E-state index in [0.717, 1.165) is 13.1 Å². The highest BCUT2D eigenvalue weighted by atomic mass is 16.5. The summed E-state index contributed by atoms with van der Waals surface area (Å²) >= 11 is 0. The molecule has 0 aromatic heterocycles. The first kappa shape index (κ1) is 16.2. The molecule has 4 nitrogen and oxygen atoms in total. The first-order valence-corrected chi connectivity index (χ1v) is 6.85. The van der Waals surface area contributed by atoms with Crippen molar-refractivity contribution < 1.29 is 14.3 Å². The van der Waals surface area contributed by atoms with Gasteiger partial charge in [0.25, 0.3) is 6.47 Å². The number of ketones is 1. The fourth-order valence-electron chi connectivity index (χ4n) is 1.80. The molecule has 1 heterocycles. The molecular formula is C16H23NO3. The van der Waals surface area contributed by atoms with Gasteiger partial charge in [0.15, 0.2) is 0 Å². The first-order chi connectivity index (χ1) is 9.42. The largest absolute Gasteiger partial charge is 0.462 e. The van der Waals surface area contributed by atoms with Gasteiger partial charge in [0, 0.05) is 31.6 Å². The molecule has 0 unspecified atom stereocenters. The second kappa shape index (κ2) is 7.68. The van der Waals surface area contributed by atoms with Crippen LogP contribution in [0.25, 0.3) is 0 Å². The van der Waals surface area contributed by atoms with Crippen LogP contribution in [0.2, 0.25) is 0 Å². The molecule has 0 N–H and O–H groups in total. The minimum atomic E-state index is -0.318. The maximum atomic E-state index is 11.0. The monoisotopic (exact) mass is 277 g/mol. The highest BCUT2D eigenvalue weighted by molar-refractivity contribution is 5.81. The van der Waals surface area contributed by atoms with Crippen molar-refractivity contribution in [3.05, 3.63) is 30.3 Å². The summed E-state index contributed by atoms with van der Waals surface area (Å²) in [5, 5.41) is 0. The van der Waals surface area contributed by atoms with Crippen LogP contribution in [0.1, 0.15) is 33.6 Å². The van der Waals surface area contributed by atoms with Crippen LogP contribution in [0.4, 0.5) is 5.69 Å². The number of rotatable bonds is 2. The van der Waals surface area contributed by atoms with Crippen molar-refractivity contribution in [1.82, 2.24) is 0 Å².